The fourth-order valence-electron chi connectivity index (χ4n) is 1.79. The fourth-order valence-corrected chi connectivity index (χ4v) is 1.79. The van der Waals surface area contributed by atoms with E-state index in [9.17, 15) is 4.39 Å². The molecule has 1 atom stereocenters. The number of ether oxygens (including phenoxy) is 1. The van der Waals surface area contributed by atoms with Gasteiger partial charge in [0, 0.05) is 13.2 Å². The summed E-state index contributed by atoms with van der Waals surface area (Å²) in [6.45, 7) is 3.41. The van der Waals surface area contributed by atoms with Crippen LogP contribution < -0.4 is 5.32 Å². The van der Waals surface area contributed by atoms with Gasteiger partial charge < -0.3 is 10.1 Å². The van der Waals surface area contributed by atoms with Gasteiger partial charge in [0.1, 0.15) is 5.82 Å². The predicted molar refractivity (Wildman–Crippen MR) is 58.6 cm³/mol. The normalized spacial score (nSPS) is 20.5. The number of hydrogen-bond acceptors (Lipinski definition) is 2. The Morgan fingerprint density at radius 1 is 1.53 bits per heavy atom. The van der Waals surface area contributed by atoms with E-state index >= 15 is 0 Å². The zero-order valence-electron chi connectivity index (χ0n) is 8.92. The zero-order chi connectivity index (χ0) is 10.7. The van der Waals surface area contributed by atoms with Gasteiger partial charge in [-0.15, -0.1) is 0 Å². The van der Waals surface area contributed by atoms with Gasteiger partial charge in [-0.25, -0.2) is 4.39 Å². The summed E-state index contributed by atoms with van der Waals surface area (Å²) < 4.78 is 18.9. The maximum Gasteiger partial charge on any atom is 0.146 e. The summed E-state index contributed by atoms with van der Waals surface area (Å²) >= 11 is 0. The number of anilines is 1. The van der Waals surface area contributed by atoms with Gasteiger partial charge in [0.2, 0.25) is 0 Å². The minimum Gasteiger partial charge on any atom is -0.380 e. The molecule has 1 aliphatic rings. The summed E-state index contributed by atoms with van der Waals surface area (Å²) in [4.78, 5) is 0. The van der Waals surface area contributed by atoms with Crippen molar-refractivity contribution in [1.29, 1.82) is 0 Å². The first kappa shape index (κ1) is 10.4. The molecule has 1 unspecified atom stereocenters. The smallest absolute Gasteiger partial charge is 0.146 e. The SMILES string of the molecule is Cc1ccc(NCC2CCCO2)c(F)c1. The molecule has 1 fully saturated rings. The number of halogens is 1. The van der Waals surface area contributed by atoms with Crippen molar-refractivity contribution in [3.8, 4) is 0 Å². The highest BCUT2D eigenvalue weighted by molar-refractivity contribution is 5.46. The van der Waals surface area contributed by atoms with Crippen LogP contribution in [0.25, 0.3) is 0 Å². The maximum absolute atomic E-state index is 13.4. The van der Waals surface area contributed by atoms with Crippen molar-refractivity contribution in [2.24, 2.45) is 0 Å². The summed E-state index contributed by atoms with van der Waals surface area (Å²) in [5.41, 5.74) is 1.51. The van der Waals surface area contributed by atoms with Crippen molar-refractivity contribution in [3.63, 3.8) is 0 Å². The number of rotatable bonds is 3. The van der Waals surface area contributed by atoms with E-state index in [1.165, 1.54) is 6.07 Å². The van der Waals surface area contributed by atoms with Gasteiger partial charge in [-0.05, 0) is 37.5 Å². The molecule has 0 amide bonds. The summed E-state index contributed by atoms with van der Waals surface area (Å²) in [5, 5.41) is 3.08. The molecule has 15 heavy (non-hydrogen) atoms. The van der Waals surface area contributed by atoms with Gasteiger partial charge in [-0.3, -0.25) is 0 Å². The Bertz CT molecular complexity index is 334. The third-order valence-electron chi connectivity index (χ3n) is 2.67. The van der Waals surface area contributed by atoms with E-state index in [-0.39, 0.29) is 11.9 Å². The first-order valence-electron chi connectivity index (χ1n) is 5.37. The van der Waals surface area contributed by atoms with Gasteiger partial charge in [0.15, 0.2) is 0 Å². The molecule has 2 rings (SSSR count). The minimum absolute atomic E-state index is 0.187. The summed E-state index contributed by atoms with van der Waals surface area (Å²) in [6.07, 6.45) is 2.43. The van der Waals surface area contributed by atoms with Gasteiger partial charge in [-0.1, -0.05) is 6.07 Å². The van der Waals surface area contributed by atoms with E-state index in [2.05, 4.69) is 5.32 Å². The Balaban J connectivity index is 1.92. The topological polar surface area (TPSA) is 21.3 Å². The number of benzene rings is 1. The Morgan fingerprint density at radius 3 is 3.07 bits per heavy atom. The molecule has 0 aliphatic carbocycles. The lowest BCUT2D eigenvalue weighted by Gasteiger charge is -2.12. The van der Waals surface area contributed by atoms with Crippen LogP contribution in [0.3, 0.4) is 0 Å². The summed E-state index contributed by atoms with van der Waals surface area (Å²) in [7, 11) is 0. The van der Waals surface area contributed by atoms with Crippen molar-refractivity contribution in [2.45, 2.75) is 25.9 Å². The highest BCUT2D eigenvalue weighted by Crippen LogP contribution is 2.17. The Kier molecular flexibility index (Phi) is 3.21. The molecule has 3 heteroatoms. The molecular formula is C12H16FNO. The van der Waals surface area contributed by atoms with Crippen molar-refractivity contribution in [1.82, 2.24) is 0 Å². The van der Waals surface area contributed by atoms with Crippen LogP contribution in [-0.4, -0.2) is 19.3 Å². The van der Waals surface area contributed by atoms with Crippen LogP contribution in [0.1, 0.15) is 18.4 Å². The number of aryl methyl sites for hydroxylation is 1. The van der Waals surface area contributed by atoms with E-state index in [1.54, 1.807) is 6.07 Å². The van der Waals surface area contributed by atoms with E-state index in [4.69, 9.17) is 4.74 Å². The largest absolute Gasteiger partial charge is 0.380 e. The molecule has 0 spiro atoms. The molecule has 0 bridgehead atoms. The second-order valence-electron chi connectivity index (χ2n) is 4.00. The Hall–Kier alpha value is -1.09. The lowest BCUT2D eigenvalue weighted by Crippen LogP contribution is -2.18. The van der Waals surface area contributed by atoms with Crippen LogP contribution in [0, 0.1) is 12.7 Å². The highest BCUT2D eigenvalue weighted by atomic mass is 19.1. The molecule has 1 heterocycles. The third kappa shape index (κ3) is 2.69. The van der Waals surface area contributed by atoms with E-state index in [0.717, 1.165) is 25.0 Å². The Morgan fingerprint density at radius 2 is 2.40 bits per heavy atom. The average molecular weight is 209 g/mol. The minimum atomic E-state index is -0.187. The van der Waals surface area contributed by atoms with Crippen molar-refractivity contribution in [3.05, 3.63) is 29.6 Å². The molecule has 2 nitrogen and oxygen atoms in total. The van der Waals surface area contributed by atoms with Crippen LogP contribution in [-0.2, 0) is 4.74 Å². The first-order valence-corrected chi connectivity index (χ1v) is 5.37. The standard InChI is InChI=1S/C12H16FNO/c1-9-4-5-12(11(13)7-9)14-8-10-3-2-6-15-10/h4-5,7,10,14H,2-3,6,8H2,1H3. The fraction of sp³-hybridized carbons (Fsp3) is 0.500. The van der Waals surface area contributed by atoms with Gasteiger partial charge in [-0.2, -0.15) is 0 Å². The Labute approximate surface area is 89.4 Å². The monoisotopic (exact) mass is 209 g/mol. The third-order valence-corrected chi connectivity index (χ3v) is 2.67. The quantitative estimate of drug-likeness (QED) is 0.826. The molecular weight excluding hydrogens is 193 g/mol. The lowest BCUT2D eigenvalue weighted by atomic mass is 10.2. The van der Waals surface area contributed by atoms with E-state index < -0.39 is 0 Å². The van der Waals surface area contributed by atoms with Crippen molar-refractivity contribution in [2.75, 3.05) is 18.5 Å². The van der Waals surface area contributed by atoms with E-state index in [1.807, 2.05) is 13.0 Å². The maximum atomic E-state index is 13.4. The van der Waals surface area contributed by atoms with Crippen LogP contribution in [0.15, 0.2) is 18.2 Å². The van der Waals surface area contributed by atoms with Gasteiger partial charge >= 0.3 is 0 Å². The molecule has 0 aromatic heterocycles. The lowest BCUT2D eigenvalue weighted by molar-refractivity contribution is 0.120. The second-order valence-corrected chi connectivity index (χ2v) is 4.00. The second kappa shape index (κ2) is 4.62. The first-order chi connectivity index (χ1) is 7.25. The van der Waals surface area contributed by atoms with Crippen LogP contribution in [0.5, 0.6) is 0 Å². The summed E-state index contributed by atoms with van der Waals surface area (Å²) in [6, 6.07) is 5.22. The van der Waals surface area contributed by atoms with Crippen molar-refractivity contribution < 1.29 is 9.13 Å². The average Bonchev–Trinajstić information content (AvgIpc) is 2.69. The van der Waals surface area contributed by atoms with Crippen LogP contribution in [0.2, 0.25) is 0 Å². The molecule has 0 radical (unpaired) electrons. The molecule has 1 N–H and O–H groups in total. The molecule has 1 aromatic rings. The van der Waals surface area contributed by atoms with Crippen LogP contribution in [0.4, 0.5) is 10.1 Å². The molecule has 1 aromatic carbocycles. The molecule has 1 saturated heterocycles. The van der Waals surface area contributed by atoms with Crippen molar-refractivity contribution >= 4 is 5.69 Å². The summed E-state index contributed by atoms with van der Waals surface area (Å²) in [5.74, 6) is -0.187. The molecule has 82 valence electrons. The molecule has 1 aliphatic heterocycles. The molecule has 0 saturated carbocycles. The van der Waals surface area contributed by atoms with Gasteiger partial charge in [0.05, 0.1) is 11.8 Å². The van der Waals surface area contributed by atoms with Crippen LogP contribution >= 0.6 is 0 Å². The number of nitrogens with one attached hydrogen (secondary N) is 1. The highest BCUT2D eigenvalue weighted by Gasteiger charge is 2.15. The zero-order valence-corrected chi connectivity index (χ0v) is 8.92. The van der Waals surface area contributed by atoms with Gasteiger partial charge in [0.25, 0.3) is 0 Å². The number of hydrogen-bond donors (Lipinski definition) is 1. The predicted octanol–water partition coefficient (Wildman–Crippen LogP) is 2.73. The van der Waals surface area contributed by atoms with E-state index in [0.29, 0.717) is 12.2 Å².